The molecular formula is C12H11FNaS. The van der Waals surface area contributed by atoms with Crippen molar-refractivity contribution in [2.75, 3.05) is 0 Å². The maximum atomic E-state index is 11.9. The molecule has 0 bridgehead atoms. The van der Waals surface area contributed by atoms with Crippen LogP contribution in [-0.4, -0.2) is 29.6 Å². The predicted octanol–water partition coefficient (Wildman–Crippen LogP) is 3.42. The molecule has 1 radical (unpaired) electrons. The zero-order chi connectivity index (χ0) is 10.2. The second-order valence-electron chi connectivity index (χ2n) is 2.63. The summed E-state index contributed by atoms with van der Waals surface area (Å²) in [6, 6.07) is 17.7. The van der Waals surface area contributed by atoms with E-state index in [1.807, 2.05) is 30.3 Å². The molecule has 2 aromatic rings. The summed E-state index contributed by atoms with van der Waals surface area (Å²) in [6.45, 7) is 0. The van der Waals surface area contributed by atoms with Crippen LogP contribution >= 0.6 is 12.6 Å². The standard InChI is InChI=1S/C6H5F.C6H6S.Na/c2*7-6-4-2-1-3-5-6;/h1-5H;1-5,7H;. The van der Waals surface area contributed by atoms with Gasteiger partial charge in [-0.15, -0.1) is 12.6 Å². The van der Waals surface area contributed by atoms with Crippen molar-refractivity contribution in [2.24, 2.45) is 0 Å². The second kappa shape index (κ2) is 8.98. The van der Waals surface area contributed by atoms with E-state index in [1.165, 1.54) is 12.1 Å². The van der Waals surface area contributed by atoms with Gasteiger partial charge in [-0.3, -0.25) is 0 Å². The molecule has 0 saturated heterocycles. The van der Waals surface area contributed by atoms with Crippen molar-refractivity contribution in [3.05, 3.63) is 66.5 Å². The van der Waals surface area contributed by atoms with Crippen LogP contribution in [0.25, 0.3) is 0 Å². The summed E-state index contributed by atoms with van der Waals surface area (Å²) in [5.74, 6) is -0.178. The Kier molecular flexibility index (Phi) is 8.82. The summed E-state index contributed by atoms with van der Waals surface area (Å²) < 4.78 is 11.9. The maximum Gasteiger partial charge on any atom is 0.123 e. The number of rotatable bonds is 0. The number of hydrogen-bond donors (Lipinski definition) is 1. The Bertz CT molecular complexity index is 313. The van der Waals surface area contributed by atoms with Crippen molar-refractivity contribution >= 4 is 42.2 Å². The van der Waals surface area contributed by atoms with Gasteiger partial charge in [-0.1, -0.05) is 36.4 Å². The van der Waals surface area contributed by atoms with Crippen LogP contribution < -0.4 is 0 Å². The molecule has 0 N–H and O–H groups in total. The summed E-state index contributed by atoms with van der Waals surface area (Å²) >= 11 is 4.08. The van der Waals surface area contributed by atoms with Gasteiger partial charge in [0.1, 0.15) is 5.82 Å². The van der Waals surface area contributed by atoms with E-state index in [2.05, 4.69) is 12.6 Å². The van der Waals surface area contributed by atoms with Gasteiger partial charge in [0.05, 0.1) is 0 Å². The van der Waals surface area contributed by atoms with E-state index in [0.29, 0.717) is 0 Å². The molecule has 0 aliphatic rings. The molecule has 0 aromatic heterocycles. The minimum absolute atomic E-state index is 0. The Hall–Kier alpha value is -0.280. The molecule has 0 fully saturated rings. The first-order valence-electron chi connectivity index (χ1n) is 4.23. The van der Waals surface area contributed by atoms with Gasteiger partial charge in [0.25, 0.3) is 0 Å². The Morgan fingerprint density at radius 3 is 1.33 bits per heavy atom. The van der Waals surface area contributed by atoms with Crippen LogP contribution in [0.15, 0.2) is 65.6 Å². The van der Waals surface area contributed by atoms with E-state index in [0.717, 1.165) is 4.90 Å². The molecule has 0 unspecified atom stereocenters. The summed E-state index contributed by atoms with van der Waals surface area (Å²) in [5.41, 5.74) is 0. The largest absolute Gasteiger partial charge is 0.207 e. The van der Waals surface area contributed by atoms with Gasteiger partial charge in [0.15, 0.2) is 0 Å². The number of halogens is 1. The van der Waals surface area contributed by atoms with Crippen molar-refractivity contribution in [3.8, 4) is 0 Å². The molecule has 0 nitrogen and oxygen atoms in total. The fourth-order valence-electron chi connectivity index (χ4n) is 0.843. The first kappa shape index (κ1) is 14.7. The minimum atomic E-state index is -0.178. The smallest absolute Gasteiger partial charge is 0.123 e. The molecule has 0 saturated carbocycles. The minimum Gasteiger partial charge on any atom is -0.207 e. The molecule has 3 heteroatoms. The molecule has 0 heterocycles. The second-order valence-corrected chi connectivity index (χ2v) is 3.15. The monoisotopic (exact) mass is 229 g/mol. The van der Waals surface area contributed by atoms with Gasteiger partial charge in [-0.25, -0.2) is 4.39 Å². The molecule has 0 aliphatic heterocycles. The van der Waals surface area contributed by atoms with E-state index in [-0.39, 0.29) is 35.4 Å². The first-order chi connectivity index (χ1) is 6.79. The van der Waals surface area contributed by atoms with Gasteiger partial charge >= 0.3 is 0 Å². The maximum absolute atomic E-state index is 11.9. The Morgan fingerprint density at radius 2 is 1.13 bits per heavy atom. The molecule has 15 heavy (non-hydrogen) atoms. The van der Waals surface area contributed by atoms with E-state index < -0.39 is 0 Å². The van der Waals surface area contributed by atoms with Gasteiger partial charge < -0.3 is 0 Å². The van der Waals surface area contributed by atoms with Crippen LogP contribution in [0.5, 0.6) is 0 Å². The Morgan fingerprint density at radius 1 is 0.733 bits per heavy atom. The number of hydrogen-bond acceptors (Lipinski definition) is 1. The number of benzene rings is 2. The van der Waals surface area contributed by atoms with Gasteiger partial charge in [0.2, 0.25) is 0 Å². The summed E-state index contributed by atoms with van der Waals surface area (Å²) in [4.78, 5) is 1.02. The van der Waals surface area contributed by atoms with E-state index in [1.54, 1.807) is 18.2 Å². The quantitative estimate of drug-likeness (QED) is 0.519. The van der Waals surface area contributed by atoms with Gasteiger partial charge in [-0.2, -0.15) is 0 Å². The van der Waals surface area contributed by atoms with Crippen LogP contribution in [0.3, 0.4) is 0 Å². The summed E-state index contributed by atoms with van der Waals surface area (Å²) in [6.07, 6.45) is 0. The van der Waals surface area contributed by atoms with E-state index >= 15 is 0 Å². The summed E-state index contributed by atoms with van der Waals surface area (Å²) in [7, 11) is 0. The van der Waals surface area contributed by atoms with Crippen LogP contribution in [0.4, 0.5) is 4.39 Å². The van der Waals surface area contributed by atoms with Crippen molar-refractivity contribution in [2.45, 2.75) is 4.90 Å². The molecule has 2 aromatic carbocycles. The van der Waals surface area contributed by atoms with Crippen LogP contribution in [0.1, 0.15) is 0 Å². The van der Waals surface area contributed by atoms with Crippen LogP contribution in [0, 0.1) is 5.82 Å². The summed E-state index contributed by atoms with van der Waals surface area (Å²) in [5, 5.41) is 0. The molecule has 0 spiro atoms. The molecule has 0 aliphatic carbocycles. The van der Waals surface area contributed by atoms with Gasteiger partial charge in [-0.05, 0) is 24.3 Å². The fourth-order valence-corrected chi connectivity index (χ4v) is 1.01. The predicted molar refractivity (Wildman–Crippen MR) is 65.8 cm³/mol. The van der Waals surface area contributed by atoms with Crippen molar-refractivity contribution in [1.29, 1.82) is 0 Å². The average molecular weight is 229 g/mol. The van der Waals surface area contributed by atoms with E-state index in [9.17, 15) is 4.39 Å². The van der Waals surface area contributed by atoms with Crippen LogP contribution in [0.2, 0.25) is 0 Å². The molecule has 0 amide bonds. The zero-order valence-electron chi connectivity index (χ0n) is 8.60. The van der Waals surface area contributed by atoms with Gasteiger partial charge in [0, 0.05) is 34.5 Å². The SMILES string of the molecule is Fc1ccccc1.Sc1ccccc1.[Na]. The normalized spacial score (nSPS) is 8.13. The van der Waals surface area contributed by atoms with Crippen molar-refractivity contribution in [3.63, 3.8) is 0 Å². The third-order valence-corrected chi connectivity index (χ3v) is 1.79. The fraction of sp³-hybridized carbons (Fsp3) is 0. The third kappa shape index (κ3) is 7.63. The van der Waals surface area contributed by atoms with Crippen molar-refractivity contribution < 1.29 is 4.39 Å². The average Bonchev–Trinajstić information content (AvgIpc) is 2.21. The number of thiol groups is 1. The Labute approximate surface area is 117 Å². The zero-order valence-corrected chi connectivity index (χ0v) is 11.5. The molecular weight excluding hydrogens is 218 g/mol. The molecule has 2 rings (SSSR count). The Balaban J connectivity index is 0.000000245. The van der Waals surface area contributed by atoms with Crippen molar-refractivity contribution in [1.82, 2.24) is 0 Å². The first-order valence-corrected chi connectivity index (χ1v) is 4.68. The third-order valence-electron chi connectivity index (χ3n) is 1.49. The topological polar surface area (TPSA) is 0 Å². The molecule has 73 valence electrons. The van der Waals surface area contributed by atoms with Crippen LogP contribution in [-0.2, 0) is 0 Å². The van der Waals surface area contributed by atoms with E-state index in [4.69, 9.17) is 0 Å². The molecule has 0 atom stereocenters.